The minimum absolute atomic E-state index is 0.196. The molecule has 228 valence electrons. The summed E-state index contributed by atoms with van der Waals surface area (Å²) >= 11 is 6.34. The van der Waals surface area contributed by atoms with Gasteiger partial charge in [0.05, 0.1) is 31.6 Å². The standard InChI is InChI=1S/C29H49ClN4O6/c1-5-9-13-36-18-22-25(38-15-11-7-3)26(39-16-12-8-4)24(37-14-10-6-2)21(17-35)29(40-22)34-20-33-23-27(30)31-19-32-28(23)34/h19-22,24-26,29,35H,5-18H2,1-4H3/t21-,22-,24+,25-,26-,29-/m1/s1. The Bertz CT molecular complexity index is 966. The van der Waals surface area contributed by atoms with E-state index in [1.165, 1.54) is 6.33 Å². The SMILES string of the molecule is CCCCOC[C@H]1O[C@@H](n2cnc3c(Cl)ncnc32)[C@H](CO)[C@H](OCCCC)[C@@H](OCCCC)[C@@H]1OCCCC. The summed E-state index contributed by atoms with van der Waals surface area (Å²) in [7, 11) is 0. The Labute approximate surface area is 244 Å². The normalized spacial score (nSPS) is 25.4. The third kappa shape index (κ3) is 8.80. The second-order valence-corrected chi connectivity index (χ2v) is 10.8. The number of hydrogen-bond donors (Lipinski definition) is 1. The van der Waals surface area contributed by atoms with E-state index in [9.17, 15) is 5.11 Å². The molecule has 1 aliphatic heterocycles. The summed E-state index contributed by atoms with van der Waals surface area (Å²) in [6.45, 7) is 11.0. The second-order valence-electron chi connectivity index (χ2n) is 10.4. The van der Waals surface area contributed by atoms with Crippen molar-refractivity contribution in [2.75, 3.05) is 39.6 Å². The van der Waals surface area contributed by atoms with E-state index in [1.54, 1.807) is 6.33 Å². The quantitative estimate of drug-likeness (QED) is 0.172. The maximum Gasteiger partial charge on any atom is 0.166 e. The van der Waals surface area contributed by atoms with E-state index in [4.69, 9.17) is 35.3 Å². The highest BCUT2D eigenvalue weighted by atomic mass is 35.5. The molecule has 3 heterocycles. The molecule has 1 fully saturated rings. The van der Waals surface area contributed by atoms with Crippen LogP contribution in [-0.4, -0.2) is 88.7 Å². The van der Waals surface area contributed by atoms with Crippen LogP contribution in [-0.2, 0) is 23.7 Å². The lowest BCUT2D eigenvalue weighted by Gasteiger charge is -2.36. The van der Waals surface area contributed by atoms with Crippen LogP contribution >= 0.6 is 11.6 Å². The molecule has 10 nitrogen and oxygen atoms in total. The highest BCUT2D eigenvalue weighted by Crippen LogP contribution is 2.38. The van der Waals surface area contributed by atoms with Gasteiger partial charge in [0, 0.05) is 26.4 Å². The number of nitrogens with zero attached hydrogens (tertiary/aromatic N) is 4. The van der Waals surface area contributed by atoms with Gasteiger partial charge in [-0.2, -0.15) is 0 Å². The molecule has 0 unspecified atom stereocenters. The molecular weight excluding hydrogens is 536 g/mol. The Hall–Kier alpha value is -1.40. The minimum Gasteiger partial charge on any atom is -0.396 e. The van der Waals surface area contributed by atoms with Crippen molar-refractivity contribution in [1.29, 1.82) is 0 Å². The summed E-state index contributed by atoms with van der Waals surface area (Å²) in [5, 5.41) is 11.1. The van der Waals surface area contributed by atoms with Crippen molar-refractivity contribution >= 4 is 22.8 Å². The van der Waals surface area contributed by atoms with Gasteiger partial charge in [-0.3, -0.25) is 4.57 Å². The fourth-order valence-electron chi connectivity index (χ4n) is 4.92. The van der Waals surface area contributed by atoms with Crippen LogP contribution in [0.4, 0.5) is 0 Å². The number of imidazole rings is 1. The number of fused-ring (bicyclic) bond motifs is 1. The number of ether oxygens (including phenoxy) is 5. The highest BCUT2D eigenvalue weighted by molar-refractivity contribution is 6.33. The predicted molar refractivity (Wildman–Crippen MR) is 154 cm³/mol. The summed E-state index contributed by atoms with van der Waals surface area (Å²) < 4.78 is 34.5. The maximum atomic E-state index is 10.9. The van der Waals surface area contributed by atoms with Gasteiger partial charge in [-0.25, -0.2) is 15.0 Å². The molecule has 6 atom stereocenters. The summed E-state index contributed by atoms with van der Waals surface area (Å²) in [5.74, 6) is -0.493. The van der Waals surface area contributed by atoms with E-state index in [0.717, 1.165) is 51.4 Å². The van der Waals surface area contributed by atoms with Gasteiger partial charge in [-0.05, 0) is 25.7 Å². The van der Waals surface area contributed by atoms with Crippen molar-refractivity contribution in [1.82, 2.24) is 19.5 Å². The molecule has 0 amide bonds. The van der Waals surface area contributed by atoms with Gasteiger partial charge >= 0.3 is 0 Å². The van der Waals surface area contributed by atoms with Gasteiger partial charge in [-0.1, -0.05) is 65.0 Å². The first-order valence-electron chi connectivity index (χ1n) is 15.1. The smallest absolute Gasteiger partial charge is 0.166 e. The van der Waals surface area contributed by atoms with Gasteiger partial charge < -0.3 is 28.8 Å². The first-order chi connectivity index (χ1) is 19.6. The number of aliphatic hydroxyl groups excluding tert-OH is 1. The number of unbranched alkanes of at least 4 members (excludes halogenated alkanes) is 4. The molecule has 0 aromatic carbocycles. The molecule has 2 aromatic heterocycles. The van der Waals surface area contributed by atoms with E-state index in [0.29, 0.717) is 44.2 Å². The van der Waals surface area contributed by atoms with Crippen LogP contribution < -0.4 is 0 Å². The van der Waals surface area contributed by atoms with Crippen LogP contribution in [0, 0.1) is 5.92 Å². The summed E-state index contributed by atoms with van der Waals surface area (Å²) in [6, 6.07) is 0. The van der Waals surface area contributed by atoms with E-state index in [2.05, 4.69) is 42.6 Å². The monoisotopic (exact) mass is 584 g/mol. The van der Waals surface area contributed by atoms with Crippen LogP contribution in [0.15, 0.2) is 12.7 Å². The van der Waals surface area contributed by atoms with Crippen LogP contribution in [0.1, 0.15) is 85.3 Å². The minimum atomic E-state index is -0.676. The third-order valence-electron chi connectivity index (χ3n) is 7.26. The zero-order valence-electron chi connectivity index (χ0n) is 24.7. The molecule has 2 aromatic rings. The van der Waals surface area contributed by atoms with Crippen LogP contribution in [0.5, 0.6) is 0 Å². The van der Waals surface area contributed by atoms with Crippen LogP contribution in [0.25, 0.3) is 11.2 Å². The van der Waals surface area contributed by atoms with Gasteiger partial charge in [0.1, 0.15) is 36.4 Å². The van der Waals surface area contributed by atoms with Crippen molar-refractivity contribution in [2.24, 2.45) is 5.92 Å². The van der Waals surface area contributed by atoms with Crippen molar-refractivity contribution in [3.63, 3.8) is 0 Å². The first kappa shape index (κ1) is 33.1. The molecule has 0 aliphatic carbocycles. The number of hydrogen-bond acceptors (Lipinski definition) is 9. The molecule has 1 saturated heterocycles. The number of rotatable bonds is 19. The van der Waals surface area contributed by atoms with E-state index in [1.807, 2.05) is 4.57 Å². The van der Waals surface area contributed by atoms with Crippen molar-refractivity contribution in [3.8, 4) is 0 Å². The fourth-order valence-corrected chi connectivity index (χ4v) is 5.10. The lowest BCUT2D eigenvalue weighted by Crippen LogP contribution is -2.51. The molecule has 1 aliphatic rings. The van der Waals surface area contributed by atoms with E-state index < -0.39 is 36.6 Å². The Balaban J connectivity index is 2.09. The molecule has 11 heteroatoms. The third-order valence-corrected chi connectivity index (χ3v) is 7.54. The van der Waals surface area contributed by atoms with Crippen LogP contribution in [0.3, 0.4) is 0 Å². The zero-order chi connectivity index (χ0) is 28.7. The highest BCUT2D eigenvalue weighted by Gasteiger charge is 2.49. The molecule has 0 spiro atoms. The average molecular weight is 585 g/mol. The summed E-state index contributed by atoms with van der Waals surface area (Å²) in [5.41, 5.74) is 0.995. The molecule has 0 bridgehead atoms. The second kappa shape index (κ2) is 18.2. The topological polar surface area (TPSA) is 110 Å². The van der Waals surface area contributed by atoms with Gasteiger partial charge in [0.15, 0.2) is 10.8 Å². The van der Waals surface area contributed by atoms with Crippen molar-refractivity contribution in [2.45, 2.75) is 110 Å². The number of aromatic nitrogens is 4. The largest absolute Gasteiger partial charge is 0.396 e. The van der Waals surface area contributed by atoms with Crippen molar-refractivity contribution < 1.29 is 28.8 Å². The Morgan fingerprint density at radius 2 is 1.43 bits per heavy atom. The fraction of sp³-hybridized carbons (Fsp3) is 0.828. The zero-order valence-corrected chi connectivity index (χ0v) is 25.4. The molecule has 0 saturated carbocycles. The van der Waals surface area contributed by atoms with E-state index >= 15 is 0 Å². The molecular formula is C29H49ClN4O6. The molecule has 0 radical (unpaired) electrons. The van der Waals surface area contributed by atoms with Gasteiger partial charge in [0.25, 0.3) is 0 Å². The summed E-state index contributed by atoms with van der Waals surface area (Å²) in [4.78, 5) is 13.0. The Morgan fingerprint density at radius 1 is 0.825 bits per heavy atom. The van der Waals surface area contributed by atoms with E-state index in [-0.39, 0.29) is 11.8 Å². The van der Waals surface area contributed by atoms with Crippen molar-refractivity contribution in [3.05, 3.63) is 17.8 Å². The number of halogens is 1. The average Bonchev–Trinajstić information content (AvgIpc) is 3.35. The van der Waals surface area contributed by atoms with Gasteiger partial charge in [0.2, 0.25) is 0 Å². The molecule has 1 N–H and O–H groups in total. The molecule has 40 heavy (non-hydrogen) atoms. The summed E-state index contributed by atoms with van der Waals surface area (Å²) in [6.07, 6.45) is 8.18. The predicted octanol–water partition coefficient (Wildman–Crippen LogP) is 5.36. The number of aliphatic hydroxyl groups is 1. The molecule has 3 rings (SSSR count). The maximum absolute atomic E-state index is 10.9. The van der Waals surface area contributed by atoms with Crippen LogP contribution in [0.2, 0.25) is 5.15 Å². The lowest BCUT2D eigenvalue weighted by atomic mass is 9.93. The van der Waals surface area contributed by atoms with Gasteiger partial charge in [-0.15, -0.1) is 0 Å². The Morgan fingerprint density at radius 3 is 2.05 bits per heavy atom. The lowest BCUT2D eigenvalue weighted by molar-refractivity contribution is -0.176. The first-order valence-corrected chi connectivity index (χ1v) is 15.5. The Kier molecular flexibility index (Phi) is 15.1.